The maximum atomic E-state index is 11.6. The average molecular weight is 362 g/mol. The van der Waals surface area contributed by atoms with Gasteiger partial charge in [-0.3, -0.25) is 20.0 Å². The zero-order valence-electron chi connectivity index (χ0n) is 15.3. The summed E-state index contributed by atoms with van der Waals surface area (Å²) in [7, 11) is 0. The fraction of sp³-hybridized carbons (Fsp3) is 0.875. The Labute approximate surface area is 150 Å². The molecule has 0 aliphatic rings. The summed E-state index contributed by atoms with van der Waals surface area (Å²) in [5.74, 6) is -0.650. The van der Waals surface area contributed by atoms with Crippen molar-refractivity contribution in [1.29, 1.82) is 0 Å². The summed E-state index contributed by atoms with van der Waals surface area (Å²) in [5, 5.41) is 20.2. The SMILES string of the molecule is CC(=O)N(O)CCCCCNOCCCC(=O)N(O)CCCCCN. The molecule has 0 rings (SSSR count). The Morgan fingerprint density at radius 1 is 0.960 bits per heavy atom. The number of nitrogens with two attached hydrogens (primary N) is 1. The highest BCUT2D eigenvalue weighted by Gasteiger charge is 2.09. The molecule has 0 aromatic heterocycles. The van der Waals surface area contributed by atoms with Crippen molar-refractivity contribution in [2.75, 3.05) is 32.8 Å². The maximum Gasteiger partial charge on any atom is 0.245 e. The second kappa shape index (κ2) is 16.2. The van der Waals surface area contributed by atoms with Gasteiger partial charge < -0.3 is 10.6 Å². The molecule has 0 unspecified atom stereocenters. The van der Waals surface area contributed by atoms with E-state index in [1.165, 1.54) is 6.92 Å². The smallest absolute Gasteiger partial charge is 0.245 e. The third-order valence-corrected chi connectivity index (χ3v) is 3.61. The molecule has 9 heteroatoms. The third-order valence-electron chi connectivity index (χ3n) is 3.61. The van der Waals surface area contributed by atoms with Crippen LogP contribution in [-0.2, 0) is 14.4 Å². The van der Waals surface area contributed by atoms with Crippen molar-refractivity contribution in [1.82, 2.24) is 15.6 Å². The van der Waals surface area contributed by atoms with Gasteiger partial charge in [-0.1, -0.05) is 12.8 Å². The van der Waals surface area contributed by atoms with Gasteiger partial charge in [0.15, 0.2) is 0 Å². The van der Waals surface area contributed by atoms with E-state index in [1.807, 2.05) is 0 Å². The number of carbonyl (C=O) groups is 2. The summed E-state index contributed by atoms with van der Waals surface area (Å²) in [6, 6.07) is 0. The lowest BCUT2D eigenvalue weighted by molar-refractivity contribution is -0.166. The summed E-state index contributed by atoms with van der Waals surface area (Å²) in [6.45, 7) is 3.67. The van der Waals surface area contributed by atoms with Crippen molar-refractivity contribution in [3.8, 4) is 0 Å². The average Bonchev–Trinajstić information content (AvgIpc) is 2.59. The van der Waals surface area contributed by atoms with Crippen LogP contribution in [0.5, 0.6) is 0 Å². The number of hydrogen-bond donors (Lipinski definition) is 4. The van der Waals surface area contributed by atoms with Gasteiger partial charge in [0.2, 0.25) is 11.8 Å². The molecular weight excluding hydrogens is 328 g/mol. The van der Waals surface area contributed by atoms with E-state index in [1.54, 1.807) is 0 Å². The number of hydrogen-bond acceptors (Lipinski definition) is 7. The quantitative estimate of drug-likeness (QED) is 0.183. The monoisotopic (exact) mass is 362 g/mol. The molecule has 0 bridgehead atoms. The fourth-order valence-corrected chi connectivity index (χ4v) is 2.07. The Bertz CT molecular complexity index is 357. The molecule has 0 atom stereocenters. The predicted molar refractivity (Wildman–Crippen MR) is 92.6 cm³/mol. The lowest BCUT2D eigenvalue weighted by atomic mass is 10.2. The Morgan fingerprint density at radius 2 is 1.60 bits per heavy atom. The molecule has 0 saturated heterocycles. The van der Waals surface area contributed by atoms with Crippen LogP contribution in [0.3, 0.4) is 0 Å². The van der Waals surface area contributed by atoms with Crippen molar-refractivity contribution in [2.24, 2.45) is 5.73 Å². The molecule has 0 saturated carbocycles. The van der Waals surface area contributed by atoms with E-state index in [4.69, 9.17) is 10.6 Å². The van der Waals surface area contributed by atoms with Crippen LogP contribution < -0.4 is 11.2 Å². The van der Waals surface area contributed by atoms with E-state index in [2.05, 4.69) is 5.48 Å². The Kier molecular flexibility index (Phi) is 15.4. The molecular formula is C16H34N4O5. The molecule has 0 aromatic rings. The van der Waals surface area contributed by atoms with E-state index < -0.39 is 0 Å². The number of amides is 2. The van der Waals surface area contributed by atoms with Crippen molar-refractivity contribution >= 4 is 11.8 Å². The number of hydroxylamine groups is 5. The fourth-order valence-electron chi connectivity index (χ4n) is 2.07. The Hall–Kier alpha value is -1.26. The van der Waals surface area contributed by atoms with Crippen LogP contribution in [0.2, 0.25) is 0 Å². The molecule has 0 fully saturated rings. The molecule has 5 N–H and O–H groups in total. The lowest BCUT2D eigenvalue weighted by Gasteiger charge is -2.14. The standard InChI is InChI=1S/C16H34N4O5/c1-15(21)19(23)12-7-3-5-11-18-25-14-8-9-16(22)20(24)13-6-2-4-10-17/h18,23-24H,2-14,17H2,1H3. The molecule has 0 radical (unpaired) electrons. The van der Waals surface area contributed by atoms with Gasteiger partial charge in [0.1, 0.15) is 0 Å². The normalized spacial score (nSPS) is 10.7. The van der Waals surface area contributed by atoms with Crippen LogP contribution in [0.1, 0.15) is 58.3 Å². The van der Waals surface area contributed by atoms with Crippen molar-refractivity contribution in [3.05, 3.63) is 0 Å². The predicted octanol–water partition coefficient (Wildman–Crippen LogP) is 1.04. The van der Waals surface area contributed by atoms with E-state index >= 15 is 0 Å². The minimum atomic E-state index is -0.354. The molecule has 2 amide bonds. The highest BCUT2D eigenvalue weighted by Crippen LogP contribution is 2.01. The second-order valence-electron chi connectivity index (χ2n) is 5.92. The summed E-state index contributed by atoms with van der Waals surface area (Å²) in [6.07, 6.45) is 5.77. The number of carbonyl (C=O) groups excluding carboxylic acids is 2. The molecule has 9 nitrogen and oxygen atoms in total. The minimum absolute atomic E-state index is 0.243. The molecule has 0 aliphatic heterocycles. The first-order valence-electron chi connectivity index (χ1n) is 9.00. The van der Waals surface area contributed by atoms with Crippen molar-refractivity contribution in [3.63, 3.8) is 0 Å². The largest absolute Gasteiger partial charge is 0.330 e. The molecule has 148 valence electrons. The van der Waals surface area contributed by atoms with E-state index in [0.717, 1.165) is 43.6 Å². The number of nitrogens with zero attached hydrogens (tertiary/aromatic N) is 2. The highest BCUT2D eigenvalue weighted by atomic mass is 16.6. The van der Waals surface area contributed by atoms with Gasteiger partial charge in [0.25, 0.3) is 0 Å². The van der Waals surface area contributed by atoms with Crippen LogP contribution in [0.15, 0.2) is 0 Å². The van der Waals surface area contributed by atoms with Crippen molar-refractivity contribution < 1.29 is 24.8 Å². The first-order chi connectivity index (χ1) is 12.0. The number of unbranched alkanes of at least 4 members (excludes halogenated alkanes) is 4. The Morgan fingerprint density at radius 3 is 2.24 bits per heavy atom. The highest BCUT2D eigenvalue weighted by molar-refractivity contribution is 5.74. The summed E-state index contributed by atoms with van der Waals surface area (Å²) in [5.41, 5.74) is 8.19. The van der Waals surface area contributed by atoms with Crippen LogP contribution in [0, 0.1) is 0 Å². The van der Waals surface area contributed by atoms with Crippen LogP contribution >= 0.6 is 0 Å². The molecule has 0 aliphatic carbocycles. The van der Waals surface area contributed by atoms with E-state index in [0.29, 0.717) is 44.3 Å². The van der Waals surface area contributed by atoms with Gasteiger partial charge in [-0.25, -0.2) is 15.6 Å². The number of nitrogens with one attached hydrogen (secondary N) is 1. The zero-order chi connectivity index (χ0) is 18.9. The van der Waals surface area contributed by atoms with Gasteiger partial charge in [0, 0.05) is 33.0 Å². The number of rotatable bonds is 16. The van der Waals surface area contributed by atoms with Crippen LogP contribution in [0.4, 0.5) is 0 Å². The molecule has 25 heavy (non-hydrogen) atoms. The van der Waals surface area contributed by atoms with Gasteiger partial charge in [-0.05, 0) is 38.6 Å². The van der Waals surface area contributed by atoms with Gasteiger partial charge >= 0.3 is 0 Å². The van der Waals surface area contributed by atoms with Gasteiger partial charge in [-0.15, -0.1) is 0 Å². The maximum absolute atomic E-state index is 11.6. The third kappa shape index (κ3) is 14.8. The molecule has 0 heterocycles. The lowest BCUT2D eigenvalue weighted by Crippen LogP contribution is -2.28. The van der Waals surface area contributed by atoms with E-state index in [-0.39, 0.29) is 18.2 Å². The zero-order valence-corrected chi connectivity index (χ0v) is 15.3. The Balaban J connectivity index is 3.37. The van der Waals surface area contributed by atoms with Gasteiger partial charge in [-0.2, -0.15) is 0 Å². The van der Waals surface area contributed by atoms with Crippen molar-refractivity contribution in [2.45, 2.75) is 58.3 Å². The topological polar surface area (TPSA) is 128 Å². The first kappa shape index (κ1) is 23.7. The molecule has 0 spiro atoms. The van der Waals surface area contributed by atoms with Crippen LogP contribution in [-0.4, -0.2) is 65.1 Å². The van der Waals surface area contributed by atoms with Crippen LogP contribution in [0.25, 0.3) is 0 Å². The summed E-state index contributed by atoms with van der Waals surface area (Å²) < 4.78 is 0. The van der Waals surface area contributed by atoms with E-state index in [9.17, 15) is 20.0 Å². The second-order valence-corrected chi connectivity index (χ2v) is 5.92. The summed E-state index contributed by atoms with van der Waals surface area (Å²) >= 11 is 0. The first-order valence-corrected chi connectivity index (χ1v) is 9.00. The molecule has 0 aromatic carbocycles. The van der Waals surface area contributed by atoms with Gasteiger partial charge in [0.05, 0.1) is 6.61 Å². The summed E-state index contributed by atoms with van der Waals surface area (Å²) in [4.78, 5) is 27.6. The minimum Gasteiger partial charge on any atom is -0.330 e.